The van der Waals surface area contributed by atoms with Gasteiger partial charge in [0.1, 0.15) is 11.5 Å². The van der Waals surface area contributed by atoms with Crippen molar-refractivity contribution in [2.45, 2.75) is 25.7 Å². The van der Waals surface area contributed by atoms with Crippen LogP contribution in [0.25, 0.3) is 0 Å². The summed E-state index contributed by atoms with van der Waals surface area (Å²) in [6.45, 7) is 2.30. The third-order valence-corrected chi connectivity index (χ3v) is 5.52. The third kappa shape index (κ3) is 3.14. The molecule has 0 atom stereocenters. The first-order valence-corrected chi connectivity index (χ1v) is 9.87. The van der Waals surface area contributed by atoms with Gasteiger partial charge >= 0.3 is 0 Å². The predicted molar refractivity (Wildman–Crippen MR) is 112 cm³/mol. The molecule has 0 aromatic heterocycles. The van der Waals surface area contributed by atoms with E-state index in [1.165, 1.54) is 35.3 Å². The van der Waals surface area contributed by atoms with Gasteiger partial charge in [-0.05, 0) is 55.5 Å². The molecule has 1 N–H and O–H groups in total. The molecule has 0 aliphatic carbocycles. The predicted octanol–water partition coefficient (Wildman–Crippen LogP) is 5.92. The van der Waals surface area contributed by atoms with Crippen molar-refractivity contribution in [3.05, 3.63) is 77.9 Å². The van der Waals surface area contributed by atoms with Crippen molar-refractivity contribution in [1.82, 2.24) is 0 Å². The molecule has 2 heterocycles. The highest BCUT2D eigenvalue weighted by Gasteiger charge is 2.29. The van der Waals surface area contributed by atoms with Gasteiger partial charge in [0.15, 0.2) is 0 Å². The summed E-state index contributed by atoms with van der Waals surface area (Å²) in [4.78, 5) is 2.56. The zero-order chi connectivity index (χ0) is 18.1. The summed E-state index contributed by atoms with van der Waals surface area (Å²) in [6, 6.07) is 22.7. The SMILES string of the molecule is c1ccc(Nc2cc(Oc3ccccc3)c3c4c2CCCN4CCC3)cc1. The highest BCUT2D eigenvalue weighted by molar-refractivity contribution is 5.79. The quantitative estimate of drug-likeness (QED) is 0.628. The number of nitrogens with one attached hydrogen (secondary N) is 1. The van der Waals surface area contributed by atoms with Crippen LogP contribution < -0.4 is 15.0 Å². The van der Waals surface area contributed by atoms with Gasteiger partial charge in [-0.25, -0.2) is 0 Å². The third-order valence-electron chi connectivity index (χ3n) is 5.52. The van der Waals surface area contributed by atoms with Gasteiger partial charge in [-0.2, -0.15) is 0 Å². The van der Waals surface area contributed by atoms with Crippen LogP contribution in [-0.4, -0.2) is 13.1 Å². The van der Waals surface area contributed by atoms with Crippen LogP contribution in [0.2, 0.25) is 0 Å². The number of ether oxygens (including phenoxy) is 1. The molecule has 27 heavy (non-hydrogen) atoms. The van der Waals surface area contributed by atoms with Crippen molar-refractivity contribution in [2.75, 3.05) is 23.3 Å². The lowest BCUT2D eigenvalue weighted by Crippen LogP contribution is -2.35. The molecule has 3 aromatic rings. The van der Waals surface area contributed by atoms with E-state index in [4.69, 9.17) is 4.74 Å². The summed E-state index contributed by atoms with van der Waals surface area (Å²) < 4.78 is 6.36. The van der Waals surface area contributed by atoms with E-state index >= 15 is 0 Å². The molecule has 3 heteroatoms. The molecule has 0 spiro atoms. The maximum Gasteiger partial charge on any atom is 0.134 e. The van der Waals surface area contributed by atoms with Crippen LogP contribution in [0.5, 0.6) is 11.5 Å². The van der Waals surface area contributed by atoms with Gasteiger partial charge in [-0.15, -0.1) is 0 Å². The van der Waals surface area contributed by atoms with Crippen molar-refractivity contribution >= 4 is 17.1 Å². The first-order valence-electron chi connectivity index (χ1n) is 9.87. The number of nitrogens with zero attached hydrogens (tertiary/aromatic N) is 1. The van der Waals surface area contributed by atoms with Crippen LogP contribution in [0.15, 0.2) is 66.7 Å². The van der Waals surface area contributed by atoms with Crippen LogP contribution in [0.4, 0.5) is 17.1 Å². The lowest BCUT2D eigenvalue weighted by atomic mass is 9.90. The molecule has 3 aromatic carbocycles. The Morgan fingerprint density at radius 1 is 0.778 bits per heavy atom. The largest absolute Gasteiger partial charge is 0.457 e. The molecule has 0 bridgehead atoms. The molecule has 3 nitrogen and oxygen atoms in total. The van der Waals surface area contributed by atoms with E-state index in [1.807, 2.05) is 36.4 Å². The van der Waals surface area contributed by atoms with Crippen LogP contribution in [-0.2, 0) is 12.8 Å². The number of para-hydroxylation sites is 2. The molecule has 0 saturated heterocycles. The van der Waals surface area contributed by atoms with Crippen LogP contribution in [0.1, 0.15) is 24.0 Å². The summed E-state index contributed by atoms with van der Waals surface area (Å²) in [5.74, 6) is 1.89. The minimum atomic E-state index is 0.896. The van der Waals surface area contributed by atoms with E-state index in [0.29, 0.717) is 0 Å². The topological polar surface area (TPSA) is 24.5 Å². The first-order chi connectivity index (χ1) is 13.4. The number of hydrogen-bond donors (Lipinski definition) is 1. The fourth-order valence-corrected chi connectivity index (χ4v) is 4.33. The lowest BCUT2D eigenvalue weighted by Gasteiger charge is -2.38. The highest BCUT2D eigenvalue weighted by atomic mass is 16.5. The van der Waals surface area contributed by atoms with E-state index < -0.39 is 0 Å². The summed E-state index contributed by atoms with van der Waals surface area (Å²) in [6.07, 6.45) is 4.63. The fourth-order valence-electron chi connectivity index (χ4n) is 4.33. The number of rotatable bonds is 4. The van der Waals surface area contributed by atoms with Crippen LogP contribution in [0.3, 0.4) is 0 Å². The molecular formula is C24H24N2O. The molecule has 0 saturated carbocycles. The minimum Gasteiger partial charge on any atom is -0.457 e. The molecular weight excluding hydrogens is 332 g/mol. The highest BCUT2D eigenvalue weighted by Crippen LogP contribution is 2.46. The van der Waals surface area contributed by atoms with Crippen molar-refractivity contribution in [3.63, 3.8) is 0 Å². The van der Waals surface area contributed by atoms with Gasteiger partial charge in [0, 0.05) is 41.8 Å². The minimum absolute atomic E-state index is 0.896. The van der Waals surface area contributed by atoms with Gasteiger partial charge in [0.2, 0.25) is 0 Å². The zero-order valence-corrected chi connectivity index (χ0v) is 15.4. The van der Waals surface area contributed by atoms with E-state index in [9.17, 15) is 0 Å². The second kappa shape index (κ2) is 6.99. The molecule has 0 amide bonds. The van der Waals surface area contributed by atoms with Gasteiger partial charge in [0.05, 0.1) is 0 Å². The van der Waals surface area contributed by atoms with E-state index in [1.54, 1.807) is 0 Å². The Morgan fingerprint density at radius 3 is 2.19 bits per heavy atom. The standard InChI is InChI=1S/C24H24N2O/c1-3-9-18(10-4-1)25-22-17-23(27-19-11-5-2-6-12-19)21-14-8-16-26-15-7-13-20(22)24(21)26/h1-6,9-12,17,25H,7-8,13-16H2. The molecule has 2 aliphatic heterocycles. The molecule has 0 unspecified atom stereocenters. The average Bonchev–Trinajstić information content (AvgIpc) is 2.73. The molecule has 136 valence electrons. The second-order valence-electron chi connectivity index (χ2n) is 7.33. The lowest BCUT2D eigenvalue weighted by molar-refractivity contribution is 0.471. The summed E-state index contributed by atoms with van der Waals surface area (Å²) in [7, 11) is 0. The van der Waals surface area contributed by atoms with Gasteiger partial charge < -0.3 is 15.0 Å². The zero-order valence-electron chi connectivity index (χ0n) is 15.4. The monoisotopic (exact) mass is 356 g/mol. The number of anilines is 3. The molecule has 5 rings (SSSR count). The number of hydrogen-bond acceptors (Lipinski definition) is 3. The van der Waals surface area contributed by atoms with Gasteiger partial charge in [-0.1, -0.05) is 36.4 Å². The second-order valence-corrected chi connectivity index (χ2v) is 7.33. The summed E-state index contributed by atoms with van der Waals surface area (Å²) in [5, 5.41) is 3.65. The van der Waals surface area contributed by atoms with E-state index in [2.05, 4.69) is 40.5 Å². The Bertz CT molecular complexity index is 864. The van der Waals surface area contributed by atoms with Crippen LogP contribution >= 0.6 is 0 Å². The van der Waals surface area contributed by atoms with Crippen molar-refractivity contribution in [2.24, 2.45) is 0 Å². The normalized spacial score (nSPS) is 15.2. The van der Waals surface area contributed by atoms with Crippen LogP contribution in [0, 0.1) is 0 Å². The van der Waals surface area contributed by atoms with Crippen molar-refractivity contribution in [1.29, 1.82) is 0 Å². The summed E-state index contributed by atoms with van der Waals surface area (Å²) in [5.41, 5.74) is 6.53. The van der Waals surface area contributed by atoms with E-state index in [-0.39, 0.29) is 0 Å². The van der Waals surface area contributed by atoms with Crippen molar-refractivity contribution < 1.29 is 4.74 Å². The first kappa shape index (κ1) is 16.2. The Labute approximate surface area is 160 Å². The fraction of sp³-hybridized carbons (Fsp3) is 0.250. The molecule has 0 fully saturated rings. The molecule has 0 radical (unpaired) electrons. The smallest absolute Gasteiger partial charge is 0.134 e. The van der Waals surface area contributed by atoms with Crippen molar-refractivity contribution in [3.8, 4) is 11.5 Å². The Hall–Kier alpha value is -2.94. The maximum absolute atomic E-state index is 6.36. The Morgan fingerprint density at radius 2 is 1.44 bits per heavy atom. The Kier molecular flexibility index (Phi) is 4.21. The number of benzene rings is 3. The average molecular weight is 356 g/mol. The summed E-state index contributed by atoms with van der Waals surface area (Å²) >= 11 is 0. The maximum atomic E-state index is 6.36. The van der Waals surface area contributed by atoms with Gasteiger partial charge in [-0.3, -0.25) is 0 Å². The molecule has 2 aliphatic rings. The Balaban J connectivity index is 1.62. The van der Waals surface area contributed by atoms with E-state index in [0.717, 1.165) is 43.1 Å². The van der Waals surface area contributed by atoms with Gasteiger partial charge in [0.25, 0.3) is 0 Å².